The topological polar surface area (TPSA) is 99.6 Å². The molecule has 0 saturated heterocycles. The molecule has 0 saturated carbocycles. The van der Waals surface area contributed by atoms with E-state index in [0.717, 1.165) is 15.6 Å². The molecule has 0 spiro atoms. The molecule has 1 amide bonds. The third-order valence-electron chi connectivity index (χ3n) is 3.32. The number of aliphatic hydroxyl groups excluding tert-OH is 1. The van der Waals surface area contributed by atoms with Crippen LogP contribution >= 0.6 is 11.3 Å². The molecule has 23 heavy (non-hydrogen) atoms. The van der Waals surface area contributed by atoms with E-state index in [1.54, 1.807) is 13.0 Å². The van der Waals surface area contributed by atoms with Gasteiger partial charge in [0.1, 0.15) is 0 Å². The fourth-order valence-corrected chi connectivity index (χ4v) is 4.23. The minimum Gasteiger partial charge on any atom is -0.505 e. The van der Waals surface area contributed by atoms with Gasteiger partial charge in [-0.05, 0) is 19.1 Å². The van der Waals surface area contributed by atoms with Crippen LogP contribution in [-0.4, -0.2) is 35.8 Å². The molecule has 7 nitrogen and oxygen atoms in total. The Morgan fingerprint density at radius 2 is 2.13 bits per heavy atom. The highest BCUT2D eigenvalue weighted by Gasteiger charge is 2.37. The van der Waals surface area contributed by atoms with E-state index in [1.807, 2.05) is 0 Å². The van der Waals surface area contributed by atoms with Crippen LogP contribution in [0.15, 0.2) is 41.0 Å². The van der Waals surface area contributed by atoms with E-state index in [0.29, 0.717) is 4.88 Å². The van der Waals surface area contributed by atoms with Gasteiger partial charge in [-0.25, -0.2) is 13.4 Å². The van der Waals surface area contributed by atoms with Crippen molar-refractivity contribution in [2.45, 2.75) is 11.8 Å². The van der Waals surface area contributed by atoms with Crippen LogP contribution in [0.2, 0.25) is 0 Å². The number of amides is 1. The standard InChI is InChI=1S/C14H13N3O4S2/c1-8-7-15-14(22-8)16-13(19)11-12(18)9-5-3-4-6-10(9)23(20,21)17(11)2/h3-7,18H,1-2H3,(H,15,16,19)/i7D. The van der Waals surface area contributed by atoms with Crippen LogP contribution in [0, 0.1) is 6.92 Å². The predicted molar refractivity (Wildman–Crippen MR) is 86.4 cm³/mol. The number of benzene rings is 1. The molecule has 0 fully saturated rings. The average molecular weight is 352 g/mol. The molecule has 0 atom stereocenters. The Balaban J connectivity index is 2.07. The number of aryl methyl sites for hydroxylation is 1. The molecule has 1 aromatic heterocycles. The summed E-state index contributed by atoms with van der Waals surface area (Å²) in [4.78, 5) is 16.9. The van der Waals surface area contributed by atoms with Gasteiger partial charge in [-0.3, -0.25) is 14.4 Å². The number of nitrogens with one attached hydrogen (secondary N) is 1. The number of thiazole rings is 1. The first-order valence-corrected chi connectivity index (χ1v) is 8.76. The van der Waals surface area contributed by atoms with E-state index in [4.69, 9.17) is 1.37 Å². The van der Waals surface area contributed by atoms with Crippen molar-refractivity contribution in [3.05, 3.63) is 46.6 Å². The summed E-state index contributed by atoms with van der Waals surface area (Å²) in [6.07, 6.45) is 0.0310. The number of aliphatic hydroxyl groups is 1. The van der Waals surface area contributed by atoms with Crippen molar-refractivity contribution < 1.29 is 19.7 Å². The number of rotatable bonds is 2. The Kier molecular flexibility index (Phi) is 3.31. The third kappa shape index (κ3) is 2.47. The van der Waals surface area contributed by atoms with Crippen molar-refractivity contribution in [3.8, 4) is 0 Å². The van der Waals surface area contributed by atoms with Crippen molar-refractivity contribution >= 4 is 38.2 Å². The molecule has 2 heterocycles. The minimum atomic E-state index is -3.94. The molecule has 1 aliphatic heterocycles. The van der Waals surface area contributed by atoms with Crippen molar-refractivity contribution in [2.75, 3.05) is 12.4 Å². The number of carbonyl (C=O) groups excluding carboxylic acids is 1. The quantitative estimate of drug-likeness (QED) is 0.860. The van der Waals surface area contributed by atoms with Crippen LogP contribution in [0.4, 0.5) is 5.13 Å². The molecule has 3 rings (SSSR count). The van der Waals surface area contributed by atoms with Crippen molar-refractivity contribution in [2.24, 2.45) is 0 Å². The number of hydrogen-bond donors (Lipinski definition) is 2. The number of nitrogens with zero attached hydrogens (tertiary/aromatic N) is 2. The van der Waals surface area contributed by atoms with Crippen LogP contribution < -0.4 is 5.32 Å². The van der Waals surface area contributed by atoms with E-state index in [9.17, 15) is 18.3 Å². The Labute approximate surface area is 138 Å². The number of carbonyl (C=O) groups is 1. The summed E-state index contributed by atoms with van der Waals surface area (Å²) in [5.74, 6) is -1.25. The molecule has 0 radical (unpaired) electrons. The van der Waals surface area contributed by atoms with Gasteiger partial charge in [-0.2, -0.15) is 0 Å². The SMILES string of the molecule is [2H]c1nc(NC(=O)C2=C(O)c3ccccc3S(=O)(=O)N2C)sc1C. The van der Waals surface area contributed by atoms with Crippen LogP contribution in [0.1, 0.15) is 11.8 Å². The van der Waals surface area contributed by atoms with Crippen LogP contribution in [0.5, 0.6) is 0 Å². The second kappa shape index (κ2) is 5.36. The Morgan fingerprint density at radius 1 is 1.43 bits per heavy atom. The van der Waals surface area contributed by atoms with Gasteiger partial charge in [-0.1, -0.05) is 12.1 Å². The van der Waals surface area contributed by atoms with Crippen LogP contribution in [-0.2, 0) is 14.8 Å². The highest BCUT2D eigenvalue weighted by Crippen LogP contribution is 2.34. The first kappa shape index (κ1) is 14.2. The van der Waals surface area contributed by atoms with Gasteiger partial charge in [0.05, 0.1) is 6.27 Å². The monoisotopic (exact) mass is 352 g/mol. The average Bonchev–Trinajstić information content (AvgIpc) is 2.84. The van der Waals surface area contributed by atoms with Gasteiger partial charge in [-0.15, -0.1) is 11.3 Å². The van der Waals surface area contributed by atoms with E-state index in [-0.39, 0.29) is 21.8 Å². The molecular formula is C14H13N3O4S2. The van der Waals surface area contributed by atoms with Crippen molar-refractivity contribution in [3.63, 3.8) is 0 Å². The number of sulfonamides is 1. The van der Waals surface area contributed by atoms with Crippen molar-refractivity contribution in [1.82, 2.24) is 9.29 Å². The van der Waals surface area contributed by atoms with Gasteiger partial charge >= 0.3 is 0 Å². The summed E-state index contributed by atoms with van der Waals surface area (Å²) in [7, 11) is -2.75. The maximum Gasteiger partial charge on any atom is 0.278 e. The number of aromatic nitrogens is 1. The molecule has 0 aliphatic carbocycles. The van der Waals surface area contributed by atoms with Crippen LogP contribution in [0.25, 0.3) is 5.76 Å². The Morgan fingerprint density at radius 3 is 2.78 bits per heavy atom. The highest BCUT2D eigenvalue weighted by atomic mass is 32.2. The smallest absolute Gasteiger partial charge is 0.278 e. The summed E-state index contributed by atoms with van der Waals surface area (Å²) in [6.45, 7) is 1.68. The van der Waals surface area contributed by atoms with Crippen LogP contribution in [0.3, 0.4) is 0 Å². The Bertz CT molecular complexity index is 962. The largest absolute Gasteiger partial charge is 0.505 e. The van der Waals surface area contributed by atoms with Gasteiger partial charge in [0, 0.05) is 23.7 Å². The molecule has 2 N–H and O–H groups in total. The normalized spacial score (nSPS) is 16.8. The maximum atomic E-state index is 12.5. The lowest BCUT2D eigenvalue weighted by atomic mass is 10.1. The van der Waals surface area contributed by atoms with Gasteiger partial charge < -0.3 is 5.11 Å². The van der Waals surface area contributed by atoms with E-state index in [1.165, 1.54) is 25.2 Å². The number of hydrogen-bond acceptors (Lipinski definition) is 6. The number of anilines is 1. The summed E-state index contributed by atoms with van der Waals surface area (Å²) < 4.78 is 33.4. The van der Waals surface area contributed by atoms with Gasteiger partial charge in [0.2, 0.25) is 0 Å². The van der Waals surface area contributed by atoms with Gasteiger partial charge in [0.25, 0.3) is 15.9 Å². The second-order valence-corrected chi connectivity index (χ2v) is 7.95. The molecule has 0 bridgehead atoms. The predicted octanol–water partition coefficient (Wildman–Crippen LogP) is 1.95. The highest BCUT2D eigenvalue weighted by molar-refractivity contribution is 7.89. The first-order valence-electron chi connectivity index (χ1n) is 7.00. The minimum absolute atomic E-state index is 0.0310. The molecule has 120 valence electrons. The fourth-order valence-electron chi connectivity index (χ4n) is 2.21. The zero-order valence-electron chi connectivity index (χ0n) is 13.2. The number of fused-ring (bicyclic) bond motifs is 1. The summed E-state index contributed by atoms with van der Waals surface area (Å²) in [6, 6.07) is 5.90. The molecule has 1 aromatic carbocycles. The van der Waals surface area contributed by atoms with Gasteiger partial charge in [0.15, 0.2) is 16.6 Å². The molecule has 2 aromatic rings. The van der Waals surface area contributed by atoms with E-state index in [2.05, 4.69) is 10.3 Å². The molecule has 1 aliphatic rings. The lowest BCUT2D eigenvalue weighted by Crippen LogP contribution is -2.37. The molecule has 0 unspecified atom stereocenters. The molecular weight excluding hydrogens is 338 g/mol. The zero-order valence-corrected chi connectivity index (χ0v) is 13.8. The third-order valence-corrected chi connectivity index (χ3v) is 5.92. The maximum absolute atomic E-state index is 12.5. The zero-order chi connectivity index (χ0) is 17.6. The number of likely N-dealkylation sites (N-methyl/N-ethyl adjacent to an activating group) is 1. The lowest BCUT2D eigenvalue weighted by Gasteiger charge is -2.28. The summed E-state index contributed by atoms with van der Waals surface area (Å²) >= 11 is 1.09. The van der Waals surface area contributed by atoms with Crippen molar-refractivity contribution in [1.29, 1.82) is 0 Å². The second-order valence-electron chi connectivity index (χ2n) is 4.81. The van der Waals surface area contributed by atoms with E-state index >= 15 is 0 Å². The first-order chi connectivity index (χ1) is 11.2. The fraction of sp³-hybridized carbons (Fsp3) is 0.143. The summed E-state index contributed by atoms with van der Waals surface area (Å²) in [5.41, 5.74) is -0.328. The van der Waals surface area contributed by atoms with E-state index < -0.39 is 27.4 Å². The lowest BCUT2D eigenvalue weighted by molar-refractivity contribution is -0.113. The Hall–Kier alpha value is -2.39. The summed E-state index contributed by atoms with van der Waals surface area (Å²) in [5, 5.41) is 13.0. The molecule has 9 heteroatoms.